The highest BCUT2D eigenvalue weighted by atomic mass is 35.5. The molecule has 1 aromatic heterocycles. The predicted octanol–water partition coefficient (Wildman–Crippen LogP) is 3.36. The fourth-order valence-corrected chi connectivity index (χ4v) is 2.36. The number of hydrogen-bond acceptors (Lipinski definition) is 2. The van der Waals surface area contributed by atoms with E-state index in [2.05, 4.69) is 33.9 Å². The summed E-state index contributed by atoms with van der Waals surface area (Å²) in [5, 5.41) is 4.30. The van der Waals surface area contributed by atoms with Gasteiger partial charge in [0, 0.05) is 36.9 Å². The zero-order valence-electron chi connectivity index (χ0n) is 11.4. The second-order valence-corrected chi connectivity index (χ2v) is 5.09. The van der Waals surface area contributed by atoms with Crippen molar-refractivity contribution in [3.63, 3.8) is 0 Å². The van der Waals surface area contributed by atoms with E-state index in [0.717, 1.165) is 30.2 Å². The van der Waals surface area contributed by atoms with Gasteiger partial charge in [0.2, 0.25) is 0 Å². The number of benzene rings is 1. The Morgan fingerprint density at radius 1 is 1.32 bits per heavy atom. The van der Waals surface area contributed by atoms with Crippen LogP contribution in [0.1, 0.15) is 30.8 Å². The van der Waals surface area contributed by atoms with Crippen LogP contribution in [0.2, 0.25) is 5.02 Å². The van der Waals surface area contributed by atoms with Gasteiger partial charge in [0.25, 0.3) is 0 Å². The van der Waals surface area contributed by atoms with Gasteiger partial charge in [0.05, 0.1) is 0 Å². The lowest BCUT2D eigenvalue weighted by Gasteiger charge is -2.18. The first kappa shape index (κ1) is 14.1. The molecular formula is C15H20ClN3. The molecule has 0 aliphatic rings. The Balaban J connectivity index is 2.04. The molecule has 0 saturated carbocycles. The molecular weight excluding hydrogens is 258 g/mol. The maximum absolute atomic E-state index is 5.94. The van der Waals surface area contributed by atoms with Crippen LogP contribution in [0.25, 0.3) is 0 Å². The van der Waals surface area contributed by atoms with Crippen molar-refractivity contribution >= 4 is 11.6 Å². The molecule has 0 fully saturated rings. The Hall–Kier alpha value is -1.32. The molecule has 0 saturated heterocycles. The second kappa shape index (κ2) is 6.73. The van der Waals surface area contributed by atoms with Crippen molar-refractivity contribution in [2.24, 2.45) is 7.05 Å². The Morgan fingerprint density at radius 2 is 2.05 bits per heavy atom. The van der Waals surface area contributed by atoms with Crippen LogP contribution in [0.4, 0.5) is 0 Å². The van der Waals surface area contributed by atoms with Gasteiger partial charge in [-0.2, -0.15) is 0 Å². The average molecular weight is 278 g/mol. The van der Waals surface area contributed by atoms with Crippen LogP contribution in [-0.4, -0.2) is 16.1 Å². The summed E-state index contributed by atoms with van der Waals surface area (Å²) in [6, 6.07) is 8.42. The van der Waals surface area contributed by atoms with Gasteiger partial charge in [0.15, 0.2) is 0 Å². The number of nitrogens with zero attached hydrogens (tertiary/aromatic N) is 2. The van der Waals surface area contributed by atoms with Crippen molar-refractivity contribution in [2.75, 3.05) is 6.54 Å². The summed E-state index contributed by atoms with van der Waals surface area (Å²) in [4.78, 5) is 4.37. The van der Waals surface area contributed by atoms with Crippen LogP contribution in [0.5, 0.6) is 0 Å². The number of nitrogens with one attached hydrogen (secondary N) is 1. The largest absolute Gasteiger partial charge is 0.338 e. The molecule has 102 valence electrons. The number of imidazole rings is 1. The van der Waals surface area contributed by atoms with Crippen LogP contribution in [0, 0.1) is 0 Å². The molecule has 0 aliphatic carbocycles. The fourth-order valence-electron chi connectivity index (χ4n) is 2.24. The maximum Gasteiger partial charge on any atom is 0.108 e. The van der Waals surface area contributed by atoms with Crippen molar-refractivity contribution in [3.8, 4) is 0 Å². The summed E-state index contributed by atoms with van der Waals surface area (Å²) in [6.45, 7) is 3.08. The Labute approximate surface area is 119 Å². The summed E-state index contributed by atoms with van der Waals surface area (Å²) in [7, 11) is 2.03. The molecule has 1 N–H and O–H groups in total. The molecule has 0 spiro atoms. The molecule has 2 aromatic rings. The number of aryl methyl sites for hydroxylation is 2. The molecule has 1 atom stereocenters. The highest BCUT2D eigenvalue weighted by molar-refractivity contribution is 6.30. The summed E-state index contributed by atoms with van der Waals surface area (Å²) in [5.74, 6) is 1.12. The van der Waals surface area contributed by atoms with E-state index in [1.807, 2.05) is 31.6 Å². The van der Waals surface area contributed by atoms with Crippen LogP contribution >= 0.6 is 11.6 Å². The minimum absolute atomic E-state index is 0.346. The average Bonchev–Trinajstić information content (AvgIpc) is 2.81. The third kappa shape index (κ3) is 3.82. The summed E-state index contributed by atoms with van der Waals surface area (Å²) in [6.07, 6.45) is 5.82. The van der Waals surface area contributed by atoms with Gasteiger partial charge in [0.1, 0.15) is 5.82 Å². The zero-order valence-corrected chi connectivity index (χ0v) is 12.2. The van der Waals surface area contributed by atoms with E-state index >= 15 is 0 Å². The van der Waals surface area contributed by atoms with E-state index in [4.69, 9.17) is 11.6 Å². The topological polar surface area (TPSA) is 29.9 Å². The van der Waals surface area contributed by atoms with Crippen LogP contribution in [-0.2, 0) is 13.5 Å². The number of rotatable bonds is 6. The molecule has 0 amide bonds. The van der Waals surface area contributed by atoms with Crippen molar-refractivity contribution < 1.29 is 0 Å². The van der Waals surface area contributed by atoms with E-state index in [1.54, 1.807) is 0 Å². The van der Waals surface area contributed by atoms with E-state index < -0.39 is 0 Å². The summed E-state index contributed by atoms with van der Waals surface area (Å²) < 4.78 is 2.07. The minimum Gasteiger partial charge on any atom is -0.338 e. The van der Waals surface area contributed by atoms with Crippen molar-refractivity contribution in [3.05, 3.63) is 53.1 Å². The fraction of sp³-hybridized carbons (Fsp3) is 0.400. The molecule has 1 aromatic carbocycles. The molecule has 2 rings (SSSR count). The maximum atomic E-state index is 5.94. The quantitative estimate of drug-likeness (QED) is 0.877. The van der Waals surface area contributed by atoms with Gasteiger partial charge in [-0.15, -0.1) is 0 Å². The lowest BCUT2D eigenvalue weighted by Crippen LogP contribution is -2.21. The molecule has 1 heterocycles. The first-order valence-electron chi connectivity index (χ1n) is 6.65. The minimum atomic E-state index is 0.346. The molecule has 0 aliphatic heterocycles. The summed E-state index contributed by atoms with van der Waals surface area (Å²) >= 11 is 5.94. The Morgan fingerprint density at radius 3 is 2.63 bits per heavy atom. The van der Waals surface area contributed by atoms with E-state index in [1.165, 1.54) is 5.56 Å². The van der Waals surface area contributed by atoms with Crippen molar-refractivity contribution in [1.29, 1.82) is 0 Å². The molecule has 4 heteroatoms. The normalized spacial score (nSPS) is 12.6. The molecule has 3 nitrogen and oxygen atoms in total. The Bertz CT molecular complexity index is 504. The predicted molar refractivity (Wildman–Crippen MR) is 79.4 cm³/mol. The highest BCUT2D eigenvalue weighted by Crippen LogP contribution is 2.20. The van der Waals surface area contributed by atoms with Crippen molar-refractivity contribution in [1.82, 2.24) is 14.9 Å². The van der Waals surface area contributed by atoms with Gasteiger partial charge in [-0.25, -0.2) is 4.98 Å². The highest BCUT2D eigenvalue weighted by Gasteiger charge is 2.11. The number of hydrogen-bond donors (Lipinski definition) is 1. The Kier molecular flexibility index (Phi) is 5.00. The first-order chi connectivity index (χ1) is 9.20. The van der Waals surface area contributed by atoms with Gasteiger partial charge in [-0.05, 0) is 30.7 Å². The standard InChI is InChI=1S/C15H20ClN3/c1-3-17-14(12-4-6-13(16)7-5-12)8-9-15-18-10-11-19(15)2/h4-7,10-11,14,17H,3,8-9H2,1-2H3. The SMILES string of the molecule is CCNC(CCc1nccn1C)c1ccc(Cl)cc1. The van der Waals surface area contributed by atoms with Gasteiger partial charge in [-0.3, -0.25) is 0 Å². The third-order valence-corrected chi connectivity index (χ3v) is 3.55. The van der Waals surface area contributed by atoms with Gasteiger partial charge < -0.3 is 9.88 Å². The molecule has 1 unspecified atom stereocenters. The van der Waals surface area contributed by atoms with E-state index in [0.29, 0.717) is 6.04 Å². The van der Waals surface area contributed by atoms with Crippen LogP contribution < -0.4 is 5.32 Å². The van der Waals surface area contributed by atoms with Crippen molar-refractivity contribution in [2.45, 2.75) is 25.8 Å². The van der Waals surface area contributed by atoms with Gasteiger partial charge in [-0.1, -0.05) is 30.7 Å². The van der Waals surface area contributed by atoms with E-state index in [9.17, 15) is 0 Å². The second-order valence-electron chi connectivity index (χ2n) is 4.65. The molecule has 0 radical (unpaired) electrons. The van der Waals surface area contributed by atoms with Crippen LogP contribution in [0.15, 0.2) is 36.7 Å². The lowest BCUT2D eigenvalue weighted by atomic mass is 10.0. The van der Waals surface area contributed by atoms with E-state index in [-0.39, 0.29) is 0 Å². The smallest absolute Gasteiger partial charge is 0.108 e. The molecule has 19 heavy (non-hydrogen) atoms. The molecule has 0 bridgehead atoms. The summed E-state index contributed by atoms with van der Waals surface area (Å²) in [5.41, 5.74) is 1.28. The number of aromatic nitrogens is 2. The lowest BCUT2D eigenvalue weighted by molar-refractivity contribution is 0.506. The monoisotopic (exact) mass is 277 g/mol. The van der Waals surface area contributed by atoms with Crippen LogP contribution in [0.3, 0.4) is 0 Å². The van der Waals surface area contributed by atoms with Gasteiger partial charge >= 0.3 is 0 Å². The zero-order chi connectivity index (χ0) is 13.7. The first-order valence-corrected chi connectivity index (χ1v) is 7.03. The third-order valence-electron chi connectivity index (χ3n) is 3.30. The number of halogens is 1.